The van der Waals surface area contributed by atoms with Crippen molar-refractivity contribution in [1.29, 1.82) is 0 Å². The third-order valence-corrected chi connectivity index (χ3v) is 5.02. The van der Waals surface area contributed by atoms with Gasteiger partial charge in [-0.3, -0.25) is 9.69 Å². The number of aromatic nitrogens is 2. The first-order valence-corrected chi connectivity index (χ1v) is 8.49. The molecule has 5 nitrogen and oxygen atoms in total. The van der Waals surface area contributed by atoms with E-state index in [9.17, 15) is 4.79 Å². The van der Waals surface area contributed by atoms with E-state index in [-0.39, 0.29) is 11.7 Å². The first kappa shape index (κ1) is 15.4. The number of morpholine rings is 1. The van der Waals surface area contributed by atoms with E-state index in [1.54, 1.807) is 6.07 Å². The van der Waals surface area contributed by atoms with Gasteiger partial charge in [0.1, 0.15) is 0 Å². The maximum Gasteiger partial charge on any atom is 0.250 e. The molecule has 0 aromatic carbocycles. The lowest BCUT2D eigenvalue weighted by molar-refractivity contribution is -0.0344. The van der Waals surface area contributed by atoms with Gasteiger partial charge in [-0.1, -0.05) is 0 Å². The average Bonchev–Trinajstić information content (AvgIpc) is 2.91. The van der Waals surface area contributed by atoms with Crippen LogP contribution in [0.2, 0.25) is 0 Å². The first-order valence-electron chi connectivity index (χ1n) is 7.61. The molecule has 1 atom stereocenters. The molecule has 0 spiro atoms. The molecule has 1 N–H and O–H groups in total. The summed E-state index contributed by atoms with van der Waals surface area (Å²) in [5.41, 5.74) is 2.11. The largest absolute Gasteiger partial charge is 0.376 e. The molecular weight excluding hydrogens is 298 g/mol. The van der Waals surface area contributed by atoms with E-state index >= 15 is 0 Å². The highest BCUT2D eigenvalue weighted by molar-refractivity contribution is 7.10. The van der Waals surface area contributed by atoms with Crippen molar-refractivity contribution in [3.05, 3.63) is 50.3 Å². The molecule has 6 heteroatoms. The molecule has 2 aromatic heterocycles. The highest BCUT2D eigenvalue weighted by Crippen LogP contribution is 2.20. The molecule has 0 aliphatic carbocycles. The van der Waals surface area contributed by atoms with Crippen LogP contribution in [0.1, 0.15) is 22.6 Å². The van der Waals surface area contributed by atoms with E-state index in [1.165, 1.54) is 16.8 Å². The fourth-order valence-electron chi connectivity index (χ4n) is 2.72. The topological polar surface area (TPSA) is 58.2 Å². The quantitative estimate of drug-likeness (QED) is 0.915. The second kappa shape index (κ2) is 7.17. The smallest absolute Gasteiger partial charge is 0.250 e. The van der Waals surface area contributed by atoms with Gasteiger partial charge < -0.3 is 9.72 Å². The van der Waals surface area contributed by atoms with Crippen LogP contribution in [-0.2, 0) is 17.7 Å². The molecule has 118 valence electrons. The zero-order valence-electron chi connectivity index (χ0n) is 12.7. The molecule has 0 radical (unpaired) electrons. The van der Waals surface area contributed by atoms with Gasteiger partial charge in [0.2, 0.25) is 0 Å². The van der Waals surface area contributed by atoms with Crippen molar-refractivity contribution in [2.24, 2.45) is 0 Å². The van der Waals surface area contributed by atoms with Crippen molar-refractivity contribution in [2.45, 2.75) is 32.4 Å². The number of nitrogens with zero attached hydrogens (tertiary/aromatic N) is 2. The van der Waals surface area contributed by atoms with Crippen LogP contribution >= 0.6 is 11.3 Å². The van der Waals surface area contributed by atoms with Crippen molar-refractivity contribution < 1.29 is 4.74 Å². The van der Waals surface area contributed by atoms with Crippen LogP contribution in [0.5, 0.6) is 0 Å². The molecule has 1 saturated heterocycles. The van der Waals surface area contributed by atoms with E-state index in [1.807, 2.05) is 11.3 Å². The Balaban J connectivity index is 1.52. The summed E-state index contributed by atoms with van der Waals surface area (Å²) in [7, 11) is 0. The van der Waals surface area contributed by atoms with Gasteiger partial charge in [-0.25, -0.2) is 4.98 Å². The summed E-state index contributed by atoms with van der Waals surface area (Å²) in [4.78, 5) is 21.9. The SMILES string of the molecule is Cc1ccsc1CN1CCOC(CCc2cc(=O)[nH]cn2)C1. The monoisotopic (exact) mass is 319 g/mol. The van der Waals surface area contributed by atoms with Gasteiger partial charge in [0.25, 0.3) is 5.56 Å². The van der Waals surface area contributed by atoms with Gasteiger partial charge >= 0.3 is 0 Å². The molecule has 0 saturated carbocycles. The van der Waals surface area contributed by atoms with Crippen LogP contribution in [-0.4, -0.2) is 40.7 Å². The molecular formula is C16H21N3O2S. The van der Waals surface area contributed by atoms with Gasteiger partial charge in [0.05, 0.1) is 19.0 Å². The Labute approximate surface area is 134 Å². The van der Waals surface area contributed by atoms with Crippen molar-refractivity contribution in [1.82, 2.24) is 14.9 Å². The molecule has 0 amide bonds. The predicted molar refractivity (Wildman–Crippen MR) is 87.3 cm³/mol. The summed E-state index contributed by atoms with van der Waals surface area (Å²) < 4.78 is 5.86. The Kier molecular flexibility index (Phi) is 5.02. The van der Waals surface area contributed by atoms with Crippen LogP contribution in [0.15, 0.2) is 28.6 Å². The summed E-state index contributed by atoms with van der Waals surface area (Å²) in [5, 5.41) is 2.15. The van der Waals surface area contributed by atoms with E-state index in [4.69, 9.17) is 4.74 Å². The van der Waals surface area contributed by atoms with Crippen LogP contribution in [0.4, 0.5) is 0 Å². The average molecular weight is 319 g/mol. The molecule has 3 rings (SSSR count). The molecule has 0 bridgehead atoms. The minimum atomic E-state index is -0.0932. The minimum absolute atomic E-state index is 0.0932. The lowest BCUT2D eigenvalue weighted by atomic mass is 10.1. The lowest BCUT2D eigenvalue weighted by Gasteiger charge is -2.32. The van der Waals surface area contributed by atoms with E-state index in [0.29, 0.717) is 0 Å². The third kappa shape index (κ3) is 4.03. The first-order chi connectivity index (χ1) is 10.7. The molecule has 1 aliphatic rings. The normalized spacial score (nSPS) is 19.4. The lowest BCUT2D eigenvalue weighted by Crippen LogP contribution is -2.42. The molecule has 3 heterocycles. The number of aryl methyl sites for hydroxylation is 2. The maximum absolute atomic E-state index is 11.3. The van der Waals surface area contributed by atoms with Crippen LogP contribution in [0.25, 0.3) is 0 Å². The summed E-state index contributed by atoms with van der Waals surface area (Å²) in [6.07, 6.45) is 3.36. The van der Waals surface area contributed by atoms with Crippen LogP contribution < -0.4 is 5.56 Å². The minimum Gasteiger partial charge on any atom is -0.376 e. The zero-order chi connectivity index (χ0) is 15.4. The van der Waals surface area contributed by atoms with Gasteiger partial charge in [0, 0.05) is 36.3 Å². The Morgan fingerprint density at radius 2 is 2.45 bits per heavy atom. The summed E-state index contributed by atoms with van der Waals surface area (Å²) in [6, 6.07) is 3.74. The van der Waals surface area contributed by atoms with E-state index < -0.39 is 0 Å². The summed E-state index contributed by atoms with van der Waals surface area (Å²) in [5.74, 6) is 0. The standard InChI is InChI=1S/C16H21N3O2S/c1-12-4-7-22-15(12)10-19-5-6-21-14(9-19)3-2-13-8-16(20)18-11-17-13/h4,7-8,11,14H,2-3,5-6,9-10H2,1H3,(H,17,18,20). The van der Waals surface area contributed by atoms with Crippen LogP contribution in [0, 0.1) is 6.92 Å². The highest BCUT2D eigenvalue weighted by atomic mass is 32.1. The number of H-pyrrole nitrogens is 1. The zero-order valence-corrected chi connectivity index (χ0v) is 13.6. The molecule has 1 aliphatic heterocycles. The van der Waals surface area contributed by atoms with Gasteiger partial charge in [-0.05, 0) is 36.8 Å². The Hall–Kier alpha value is -1.50. The van der Waals surface area contributed by atoms with Crippen molar-refractivity contribution in [3.63, 3.8) is 0 Å². The maximum atomic E-state index is 11.3. The molecule has 1 fully saturated rings. The van der Waals surface area contributed by atoms with Crippen LogP contribution in [0.3, 0.4) is 0 Å². The Morgan fingerprint density at radius 3 is 3.23 bits per heavy atom. The van der Waals surface area contributed by atoms with Crippen molar-refractivity contribution in [3.8, 4) is 0 Å². The summed E-state index contributed by atoms with van der Waals surface area (Å²) in [6.45, 7) is 5.88. The summed E-state index contributed by atoms with van der Waals surface area (Å²) >= 11 is 1.83. The van der Waals surface area contributed by atoms with Crippen molar-refractivity contribution >= 4 is 11.3 Å². The highest BCUT2D eigenvalue weighted by Gasteiger charge is 2.21. The fraction of sp³-hybridized carbons (Fsp3) is 0.500. The number of thiophene rings is 1. The number of hydrogen-bond acceptors (Lipinski definition) is 5. The fourth-order valence-corrected chi connectivity index (χ4v) is 3.67. The molecule has 1 unspecified atom stereocenters. The second-order valence-corrected chi connectivity index (χ2v) is 6.70. The number of ether oxygens (including phenoxy) is 1. The number of rotatable bonds is 5. The van der Waals surface area contributed by atoms with Gasteiger partial charge in [0.15, 0.2) is 0 Å². The molecule has 22 heavy (non-hydrogen) atoms. The Morgan fingerprint density at radius 1 is 1.55 bits per heavy atom. The number of nitrogens with one attached hydrogen (secondary N) is 1. The van der Waals surface area contributed by atoms with E-state index in [2.05, 4.69) is 33.2 Å². The van der Waals surface area contributed by atoms with E-state index in [0.717, 1.165) is 44.8 Å². The van der Waals surface area contributed by atoms with Crippen molar-refractivity contribution in [2.75, 3.05) is 19.7 Å². The van der Waals surface area contributed by atoms with Gasteiger partial charge in [-0.15, -0.1) is 11.3 Å². The van der Waals surface area contributed by atoms with Gasteiger partial charge in [-0.2, -0.15) is 0 Å². The Bertz CT molecular complexity index is 667. The number of aromatic amines is 1. The predicted octanol–water partition coefficient (Wildman–Crippen LogP) is 1.97. The number of hydrogen-bond donors (Lipinski definition) is 1. The third-order valence-electron chi connectivity index (χ3n) is 4.02. The molecule has 2 aromatic rings. The second-order valence-electron chi connectivity index (χ2n) is 5.70.